The van der Waals surface area contributed by atoms with Gasteiger partial charge in [0.1, 0.15) is 0 Å². The lowest BCUT2D eigenvalue weighted by Crippen LogP contribution is -2.15. The summed E-state index contributed by atoms with van der Waals surface area (Å²) in [4.78, 5) is 15.1. The average Bonchev–Trinajstić information content (AvgIpc) is 3.45. The molecular weight excluding hydrogens is 500 g/mol. The maximum atomic E-state index is 5.08. The molecule has 5 aromatic carbocycles. The molecule has 2 heterocycles. The molecular formula is C37H30N4. The summed E-state index contributed by atoms with van der Waals surface area (Å²) in [5.74, 6) is 1.93. The third-order valence-electron chi connectivity index (χ3n) is 8.26. The Hall–Kier alpha value is -5.09. The third kappa shape index (κ3) is 3.71. The Bertz CT molecular complexity index is 2010. The molecule has 0 spiro atoms. The van der Waals surface area contributed by atoms with Crippen LogP contribution in [0.2, 0.25) is 0 Å². The molecule has 4 heteroatoms. The zero-order valence-electron chi connectivity index (χ0n) is 22.3. The predicted molar refractivity (Wildman–Crippen MR) is 169 cm³/mol. The van der Waals surface area contributed by atoms with Crippen LogP contribution in [0, 0.1) is 0 Å². The van der Waals surface area contributed by atoms with E-state index in [1.165, 1.54) is 33.0 Å². The third-order valence-corrected chi connectivity index (χ3v) is 8.26. The number of aromatic nitrogens is 4. The topological polar surface area (TPSA) is 43.6 Å². The molecule has 0 unspecified atom stereocenters. The molecule has 0 atom stereocenters. The summed E-state index contributed by atoms with van der Waals surface area (Å²) in [6, 6.07) is 42.4. The van der Waals surface area contributed by atoms with Crippen molar-refractivity contribution >= 4 is 21.8 Å². The first-order valence-corrected chi connectivity index (χ1v) is 13.6. The lowest BCUT2D eigenvalue weighted by atomic mass is 9.82. The Morgan fingerprint density at radius 3 is 1.78 bits per heavy atom. The van der Waals surface area contributed by atoms with E-state index in [9.17, 15) is 0 Å². The van der Waals surface area contributed by atoms with Crippen molar-refractivity contribution in [2.24, 2.45) is 0 Å². The molecule has 0 radical (unpaired) electrons. The van der Waals surface area contributed by atoms with Crippen LogP contribution in [-0.4, -0.2) is 19.5 Å². The largest absolute Gasteiger partial charge is 0.278 e. The maximum absolute atomic E-state index is 5.08. The van der Waals surface area contributed by atoms with Gasteiger partial charge in [0, 0.05) is 27.3 Å². The number of para-hydroxylation sites is 1. The highest BCUT2D eigenvalue weighted by Gasteiger charge is 2.36. The van der Waals surface area contributed by atoms with E-state index >= 15 is 0 Å². The zero-order valence-corrected chi connectivity index (χ0v) is 22.3. The van der Waals surface area contributed by atoms with Crippen LogP contribution in [-0.2, 0) is 5.41 Å². The molecule has 7 aromatic rings. The van der Waals surface area contributed by atoms with Crippen LogP contribution in [0.25, 0.3) is 61.7 Å². The quantitative estimate of drug-likeness (QED) is 0.229. The molecule has 1 aliphatic rings. The fourth-order valence-corrected chi connectivity index (χ4v) is 6.28. The Kier molecular flexibility index (Phi) is 5.62. The van der Waals surface area contributed by atoms with E-state index in [1.807, 2.05) is 60.7 Å². The summed E-state index contributed by atoms with van der Waals surface area (Å²) in [5.41, 5.74) is 9.31. The van der Waals surface area contributed by atoms with E-state index in [1.54, 1.807) is 0 Å². The molecule has 0 fully saturated rings. The van der Waals surface area contributed by atoms with Crippen LogP contribution in [0.4, 0.5) is 0 Å². The van der Waals surface area contributed by atoms with Crippen molar-refractivity contribution < 1.29 is 0 Å². The second-order valence-electron chi connectivity index (χ2n) is 11.0. The zero-order chi connectivity index (χ0) is 26.8. The highest BCUT2D eigenvalue weighted by atomic mass is 15.2. The molecule has 8 rings (SSSR count). The molecule has 0 bridgehead atoms. The summed E-state index contributed by atoms with van der Waals surface area (Å²) in [6.07, 6.45) is 0. The van der Waals surface area contributed by atoms with Gasteiger partial charge in [0.2, 0.25) is 5.95 Å². The van der Waals surface area contributed by atoms with Gasteiger partial charge < -0.3 is 0 Å². The number of rotatable bonds is 3. The molecule has 0 saturated heterocycles. The molecule has 0 N–H and O–H groups in total. The molecule has 41 heavy (non-hydrogen) atoms. The lowest BCUT2D eigenvalue weighted by molar-refractivity contribution is 0.661. The molecule has 1 aliphatic carbocycles. The Labute approximate surface area is 240 Å². The summed E-state index contributed by atoms with van der Waals surface area (Å²) < 4.78 is 2.21. The van der Waals surface area contributed by atoms with Crippen LogP contribution in [0.1, 0.15) is 32.4 Å². The van der Waals surface area contributed by atoms with Gasteiger partial charge in [0.05, 0.1) is 11.0 Å². The Balaban J connectivity index is 0.00000276. The minimum atomic E-state index is -0.106. The van der Waals surface area contributed by atoms with E-state index in [4.69, 9.17) is 15.0 Å². The first-order valence-electron chi connectivity index (χ1n) is 13.6. The molecule has 0 aliphatic heterocycles. The standard InChI is InChI=1S/C36H26N4.CH4/c1-36(2)29-19-11-9-17-25(29)27-21-28-26-18-10-12-20-31(26)40(32(28)22-30(27)36)35-38-33(23-13-5-3-6-14-23)37-34(39-35)24-15-7-4-8-16-24;/h3-22H,1-2H3;1H4. The van der Waals surface area contributed by atoms with Gasteiger partial charge >= 0.3 is 0 Å². The highest BCUT2D eigenvalue weighted by Crippen LogP contribution is 2.50. The lowest BCUT2D eigenvalue weighted by Gasteiger charge is -2.21. The molecule has 198 valence electrons. The van der Waals surface area contributed by atoms with Crippen molar-refractivity contribution in [3.05, 3.63) is 132 Å². The first-order chi connectivity index (χ1) is 19.6. The van der Waals surface area contributed by atoms with Gasteiger partial charge in [-0.25, -0.2) is 4.98 Å². The summed E-state index contributed by atoms with van der Waals surface area (Å²) >= 11 is 0. The summed E-state index contributed by atoms with van der Waals surface area (Å²) in [6.45, 7) is 4.64. The maximum Gasteiger partial charge on any atom is 0.238 e. The summed E-state index contributed by atoms with van der Waals surface area (Å²) in [5, 5.41) is 2.38. The SMILES string of the molecule is C.CC1(C)c2ccccc2-c2cc3c4ccccc4n(-c4nc(-c5ccccc5)nc(-c5ccccc5)n4)c3cc21. The molecule has 4 nitrogen and oxygen atoms in total. The number of nitrogens with zero attached hydrogens (tertiary/aromatic N) is 4. The van der Waals surface area contributed by atoms with Crippen molar-refractivity contribution in [2.45, 2.75) is 26.7 Å². The minimum Gasteiger partial charge on any atom is -0.278 e. The highest BCUT2D eigenvalue weighted by molar-refractivity contribution is 6.11. The second-order valence-corrected chi connectivity index (χ2v) is 11.0. The number of hydrogen-bond acceptors (Lipinski definition) is 3. The number of hydrogen-bond donors (Lipinski definition) is 0. The van der Waals surface area contributed by atoms with Gasteiger partial charge in [-0.05, 0) is 40.5 Å². The first kappa shape index (κ1) is 24.9. The minimum absolute atomic E-state index is 0. The van der Waals surface area contributed by atoms with Crippen molar-refractivity contribution in [3.63, 3.8) is 0 Å². The fraction of sp³-hybridized carbons (Fsp3) is 0.108. The van der Waals surface area contributed by atoms with Gasteiger partial charge in [0.15, 0.2) is 11.6 Å². The van der Waals surface area contributed by atoms with Gasteiger partial charge in [-0.2, -0.15) is 9.97 Å². The normalized spacial score (nSPS) is 13.1. The molecule has 2 aromatic heterocycles. The number of benzene rings is 5. The van der Waals surface area contributed by atoms with E-state index < -0.39 is 0 Å². The van der Waals surface area contributed by atoms with Gasteiger partial charge in [-0.3, -0.25) is 4.57 Å². The van der Waals surface area contributed by atoms with Crippen LogP contribution < -0.4 is 0 Å². The van der Waals surface area contributed by atoms with E-state index in [0.29, 0.717) is 17.6 Å². The average molecular weight is 531 g/mol. The Morgan fingerprint density at radius 2 is 1.10 bits per heavy atom. The van der Waals surface area contributed by atoms with Gasteiger partial charge in [-0.15, -0.1) is 0 Å². The number of fused-ring (bicyclic) bond motifs is 6. The van der Waals surface area contributed by atoms with Crippen molar-refractivity contribution in [2.75, 3.05) is 0 Å². The van der Waals surface area contributed by atoms with Crippen molar-refractivity contribution in [3.8, 4) is 39.9 Å². The van der Waals surface area contributed by atoms with Crippen LogP contribution in [0.3, 0.4) is 0 Å². The molecule has 0 saturated carbocycles. The van der Waals surface area contributed by atoms with E-state index in [-0.39, 0.29) is 12.8 Å². The van der Waals surface area contributed by atoms with Crippen molar-refractivity contribution in [1.82, 2.24) is 19.5 Å². The van der Waals surface area contributed by atoms with Crippen LogP contribution >= 0.6 is 0 Å². The summed E-state index contributed by atoms with van der Waals surface area (Å²) in [7, 11) is 0. The fourth-order valence-electron chi connectivity index (χ4n) is 6.28. The predicted octanol–water partition coefficient (Wildman–Crippen LogP) is 9.25. The van der Waals surface area contributed by atoms with Gasteiger partial charge in [-0.1, -0.05) is 124 Å². The molecule has 0 amide bonds. The second kappa shape index (κ2) is 9.24. The Morgan fingerprint density at radius 1 is 0.512 bits per heavy atom. The van der Waals surface area contributed by atoms with Crippen LogP contribution in [0.5, 0.6) is 0 Å². The van der Waals surface area contributed by atoms with Gasteiger partial charge in [0.25, 0.3) is 0 Å². The van der Waals surface area contributed by atoms with E-state index in [2.05, 4.69) is 79.1 Å². The van der Waals surface area contributed by atoms with Crippen molar-refractivity contribution in [1.29, 1.82) is 0 Å². The smallest absolute Gasteiger partial charge is 0.238 e. The van der Waals surface area contributed by atoms with E-state index in [0.717, 1.165) is 22.2 Å². The monoisotopic (exact) mass is 530 g/mol. The van der Waals surface area contributed by atoms with Crippen LogP contribution in [0.15, 0.2) is 121 Å².